The largest absolute Gasteiger partial charge is 0.481 e. The van der Waals surface area contributed by atoms with Crippen LogP contribution in [0.5, 0.6) is 0 Å². The zero-order valence-electron chi connectivity index (χ0n) is 11.0. The maximum atomic E-state index is 12.0. The van der Waals surface area contributed by atoms with E-state index in [1.165, 1.54) is 7.11 Å². The van der Waals surface area contributed by atoms with Gasteiger partial charge in [-0.15, -0.1) is 0 Å². The Bertz CT molecular complexity index is 317. The van der Waals surface area contributed by atoms with Gasteiger partial charge in [-0.3, -0.25) is 9.59 Å². The molecule has 0 spiro atoms. The van der Waals surface area contributed by atoms with E-state index < -0.39 is 11.4 Å². The average Bonchev–Trinajstić information content (AvgIpc) is 2.35. The summed E-state index contributed by atoms with van der Waals surface area (Å²) >= 11 is 0. The number of amides is 1. The van der Waals surface area contributed by atoms with Gasteiger partial charge < -0.3 is 20.5 Å². The Morgan fingerprint density at radius 1 is 1.56 bits per heavy atom. The van der Waals surface area contributed by atoms with Gasteiger partial charge in [0.2, 0.25) is 5.91 Å². The number of nitrogens with two attached hydrogens (primary N) is 1. The molecule has 0 aliphatic carbocycles. The van der Waals surface area contributed by atoms with Crippen LogP contribution in [0.15, 0.2) is 0 Å². The predicted molar refractivity (Wildman–Crippen MR) is 66.0 cm³/mol. The summed E-state index contributed by atoms with van der Waals surface area (Å²) in [4.78, 5) is 24.8. The summed E-state index contributed by atoms with van der Waals surface area (Å²) in [6, 6.07) is 0. The summed E-state index contributed by atoms with van der Waals surface area (Å²) in [7, 11) is 1.52. The molecule has 1 heterocycles. The van der Waals surface area contributed by atoms with Crippen molar-refractivity contribution in [1.82, 2.24) is 4.90 Å². The SMILES string of the molecule is COC(CN)CC(=O)N1CCCC(C)(C(=O)O)C1. The third-order valence-electron chi connectivity index (χ3n) is 3.56. The van der Waals surface area contributed by atoms with Crippen molar-refractivity contribution in [2.75, 3.05) is 26.7 Å². The van der Waals surface area contributed by atoms with E-state index in [0.29, 0.717) is 13.0 Å². The Kier molecular flexibility index (Phi) is 5.10. The Balaban J connectivity index is 2.61. The number of nitrogens with zero attached hydrogens (tertiary/aromatic N) is 1. The van der Waals surface area contributed by atoms with E-state index >= 15 is 0 Å². The van der Waals surface area contributed by atoms with Gasteiger partial charge in [-0.1, -0.05) is 0 Å². The fraction of sp³-hybridized carbons (Fsp3) is 0.833. The minimum atomic E-state index is -0.845. The number of methoxy groups -OCH3 is 1. The van der Waals surface area contributed by atoms with Crippen LogP contribution in [0.1, 0.15) is 26.2 Å². The number of carboxylic acid groups (broad SMARTS) is 1. The van der Waals surface area contributed by atoms with Gasteiger partial charge in [0.15, 0.2) is 0 Å². The Morgan fingerprint density at radius 2 is 2.22 bits per heavy atom. The molecule has 2 atom stereocenters. The second-order valence-corrected chi connectivity index (χ2v) is 5.08. The number of piperidine rings is 1. The monoisotopic (exact) mass is 258 g/mol. The maximum Gasteiger partial charge on any atom is 0.311 e. The van der Waals surface area contributed by atoms with Crippen molar-refractivity contribution in [2.24, 2.45) is 11.1 Å². The molecule has 0 radical (unpaired) electrons. The molecule has 1 aliphatic rings. The number of carbonyl (C=O) groups excluding carboxylic acids is 1. The number of rotatable bonds is 5. The van der Waals surface area contributed by atoms with Crippen LogP contribution in [0.3, 0.4) is 0 Å². The normalized spacial score (nSPS) is 25.8. The lowest BCUT2D eigenvalue weighted by atomic mass is 9.82. The van der Waals surface area contributed by atoms with Crippen molar-refractivity contribution in [3.05, 3.63) is 0 Å². The van der Waals surface area contributed by atoms with Gasteiger partial charge in [0.25, 0.3) is 0 Å². The zero-order chi connectivity index (χ0) is 13.8. The minimum absolute atomic E-state index is 0.0838. The molecule has 6 nitrogen and oxygen atoms in total. The van der Waals surface area contributed by atoms with Crippen LogP contribution in [-0.2, 0) is 14.3 Å². The molecule has 0 aromatic rings. The summed E-state index contributed by atoms with van der Waals surface area (Å²) < 4.78 is 5.07. The van der Waals surface area contributed by atoms with Gasteiger partial charge in [-0.25, -0.2) is 0 Å². The molecule has 0 aromatic heterocycles. The molecule has 18 heavy (non-hydrogen) atoms. The molecule has 0 saturated carbocycles. The van der Waals surface area contributed by atoms with Crippen LogP contribution in [0.2, 0.25) is 0 Å². The van der Waals surface area contributed by atoms with Crippen molar-refractivity contribution in [1.29, 1.82) is 0 Å². The Morgan fingerprint density at radius 3 is 2.72 bits per heavy atom. The highest BCUT2D eigenvalue weighted by atomic mass is 16.5. The lowest BCUT2D eigenvalue weighted by Gasteiger charge is -2.38. The molecular formula is C12H22N2O4. The molecule has 1 saturated heterocycles. The quantitative estimate of drug-likeness (QED) is 0.727. The number of aliphatic carboxylic acids is 1. The van der Waals surface area contributed by atoms with Crippen LogP contribution in [-0.4, -0.2) is 54.7 Å². The summed E-state index contributed by atoms with van der Waals surface area (Å²) in [5.74, 6) is -0.929. The zero-order valence-corrected chi connectivity index (χ0v) is 11.0. The molecule has 6 heteroatoms. The van der Waals surface area contributed by atoms with Crippen molar-refractivity contribution in [3.8, 4) is 0 Å². The molecule has 1 amide bonds. The lowest BCUT2D eigenvalue weighted by molar-refractivity contribution is -0.153. The molecule has 2 unspecified atom stereocenters. The standard InChI is InChI=1S/C12H22N2O4/c1-12(11(16)17)4-3-5-14(8-12)10(15)6-9(7-13)18-2/h9H,3-8,13H2,1-2H3,(H,16,17). The summed E-state index contributed by atoms with van der Waals surface area (Å²) in [6.45, 7) is 2.85. The number of carbonyl (C=O) groups is 2. The van der Waals surface area contributed by atoms with Gasteiger partial charge in [-0.05, 0) is 19.8 Å². The van der Waals surface area contributed by atoms with E-state index in [2.05, 4.69) is 0 Å². The number of hydrogen-bond acceptors (Lipinski definition) is 4. The first-order chi connectivity index (χ1) is 8.42. The number of likely N-dealkylation sites (tertiary alicyclic amines) is 1. The fourth-order valence-electron chi connectivity index (χ4n) is 2.21. The third kappa shape index (κ3) is 3.43. The second kappa shape index (κ2) is 6.15. The summed E-state index contributed by atoms with van der Waals surface area (Å²) in [5, 5.41) is 9.19. The first-order valence-electron chi connectivity index (χ1n) is 6.17. The Hall–Kier alpha value is -1.14. The molecule has 1 aliphatic heterocycles. The van der Waals surface area contributed by atoms with Crippen molar-refractivity contribution >= 4 is 11.9 Å². The van der Waals surface area contributed by atoms with Crippen LogP contribution in [0, 0.1) is 5.41 Å². The lowest BCUT2D eigenvalue weighted by Crippen LogP contribution is -2.49. The molecule has 104 valence electrons. The number of hydrogen-bond donors (Lipinski definition) is 2. The van der Waals surface area contributed by atoms with Gasteiger partial charge >= 0.3 is 5.97 Å². The Labute approximate surface area is 107 Å². The van der Waals surface area contributed by atoms with Gasteiger partial charge in [0.1, 0.15) is 0 Å². The second-order valence-electron chi connectivity index (χ2n) is 5.08. The fourth-order valence-corrected chi connectivity index (χ4v) is 2.21. The highest BCUT2D eigenvalue weighted by molar-refractivity contribution is 5.79. The van der Waals surface area contributed by atoms with Gasteiger partial charge in [-0.2, -0.15) is 0 Å². The van der Waals surface area contributed by atoms with E-state index in [9.17, 15) is 14.7 Å². The smallest absolute Gasteiger partial charge is 0.311 e. The van der Waals surface area contributed by atoms with Crippen LogP contribution in [0.25, 0.3) is 0 Å². The summed E-state index contributed by atoms with van der Waals surface area (Å²) in [6.07, 6.45) is 1.24. The molecule has 3 N–H and O–H groups in total. The summed E-state index contributed by atoms with van der Waals surface area (Å²) in [5.41, 5.74) is 4.64. The average molecular weight is 258 g/mol. The highest BCUT2D eigenvalue weighted by Gasteiger charge is 2.39. The van der Waals surface area contributed by atoms with Crippen LogP contribution >= 0.6 is 0 Å². The first-order valence-corrected chi connectivity index (χ1v) is 6.17. The van der Waals surface area contributed by atoms with Gasteiger partial charge in [0, 0.05) is 26.7 Å². The first kappa shape index (κ1) is 14.9. The number of ether oxygens (including phenoxy) is 1. The van der Waals surface area contributed by atoms with E-state index in [-0.39, 0.29) is 31.5 Å². The number of carboxylic acids is 1. The van der Waals surface area contributed by atoms with Crippen LogP contribution < -0.4 is 5.73 Å². The molecular weight excluding hydrogens is 236 g/mol. The van der Waals surface area contributed by atoms with Crippen LogP contribution in [0.4, 0.5) is 0 Å². The molecule has 1 rings (SSSR count). The van der Waals surface area contributed by atoms with Gasteiger partial charge in [0.05, 0.1) is 17.9 Å². The predicted octanol–water partition coefficient (Wildman–Crippen LogP) is 0.0635. The van der Waals surface area contributed by atoms with E-state index in [1.54, 1.807) is 11.8 Å². The third-order valence-corrected chi connectivity index (χ3v) is 3.56. The van der Waals surface area contributed by atoms with E-state index in [0.717, 1.165) is 6.42 Å². The maximum absolute atomic E-state index is 12.0. The minimum Gasteiger partial charge on any atom is -0.481 e. The van der Waals surface area contributed by atoms with E-state index in [4.69, 9.17) is 10.5 Å². The van der Waals surface area contributed by atoms with Crippen molar-refractivity contribution in [2.45, 2.75) is 32.3 Å². The van der Waals surface area contributed by atoms with Crippen molar-refractivity contribution in [3.63, 3.8) is 0 Å². The highest BCUT2D eigenvalue weighted by Crippen LogP contribution is 2.30. The van der Waals surface area contributed by atoms with E-state index in [1.807, 2.05) is 0 Å². The molecule has 1 fully saturated rings. The molecule has 0 aromatic carbocycles. The molecule has 0 bridgehead atoms. The topological polar surface area (TPSA) is 92.9 Å². The van der Waals surface area contributed by atoms with Crippen molar-refractivity contribution < 1.29 is 19.4 Å².